The third-order valence-electron chi connectivity index (χ3n) is 3.42. The van der Waals surface area contributed by atoms with Crippen LogP contribution in [0.3, 0.4) is 0 Å². The van der Waals surface area contributed by atoms with Gasteiger partial charge in [-0.05, 0) is 25.2 Å². The first kappa shape index (κ1) is 11.5. The molecule has 0 aliphatic heterocycles. The third kappa shape index (κ3) is 3.29. The average Bonchev–Trinajstić information content (AvgIpc) is 2.26. The van der Waals surface area contributed by atoms with E-state index in [4.69, 9.17) is 10.8 Å². The molecule has 0 aromatic heterocycles. The Hall–Kier alpha value is -0.570. The molecule has 0 heterocycles. The predicted octanol–water partition coefficient (Wildman–Crippen LogP) is 2.15. The number of carboxylic acid groups (broad SMARTS) is 1. The molecule has 1 fully saturated rings. The highest BCUT2D eigenvalue weighted by atomic mass is 16.4. The average molecular weight is 199 g/mol. The van der Waals surface area contributed by atoms with E-state index in [1.54, 1.807) is 0 Å². The van der Waals surface area contributed by atoms with Crippen LogP contribution >= 0.6 is 0 Å². The van der Waals surface area contributed by atoms with Gasteiger partial charge >= 0.3 is 5.97 Å². The Morgan fingerprint density at radius 1 is 1.50 bits per heavy atom. The van der Waals surface area contributed by atoms with Crippen LogP contribution in [0.4, 0.5) is 0 Å². The zero-order chi connectivity index (χ0) is 10.6. The van der Waals surface area contributed by atoms with Crippen LogP contribution in [0.2, 0.25) is 0 Å². The molecular weight excluding hydrogens is 178 g/mol. The van der Waals surface area contributed by atoms with Gasteiger partial charge < -0.3 is 10.8 Å². The fourth-order valence-electron chi connectivity index (χ4n) is 2.39. The van der Waals surface area contributed by atoms with E-state index in [1.807, 2.05) is 0 Å². The normalized spacial score (nSPS) is 33.7. The number of aliphatic carboxylic acids is 1. The maximum Gasteiger partial charge on any atom is 0.305 e. The summed E-state index contributed by atoms with van der Waals surface area (Å²) in [6.07, 6.45) is 6.47. The molecule has 2 unspecified atom stereocenters. The van der Waals surface area contributed by atoms with Crippen molar-refractivity contribution < 1.29 is 9.90 Å². The molecule has 0 spiro atoms. The van der Waals surface area contributed by atoms with E-state index in [0.29, 0.717) is 0 Å². The van der Waals surface area contributed by atoms with Gasteiger partial charge in [-0.2, -0.15) is 0 Å². The van der Waals surface area contributed by atoms with E-state index >= 15 is 0 Å². The van der Waals surface area contributed by atoms with Crippen molar-refractivity contribution in [1.82, 2.24) is 0 Å². The van der Waals surface area contributed by atoms with Gasteiger partial charge in [0.2, 0.25) is 0 Å². The van der Waals surface area contributed by atoms with Crippen LogP contribution in [0, 0.1) is 5.92 Å². The van der Waals surface area contributed by atoms with Crippen molar-refractivity contribution in [2.75, 3.05) is 0 Å². The second-order valence-corrected chi connectivity index (χ2v) is 4.64. The molecule has 0 bridgehead atoms. The SMILES string of the molecule is CCC1CCCC(N)(CC(=O)O)CC1. The summed E-state index contributed by atoms with van der Waals surface area (Å²) in [5.41, 5.74) is 5.66. The van der Waals surface area contributed by atoms with E-state index in [1.165, 1.54) is 12.8 Å². The van der Waals surface area contributed by atoms with Crippen LogP contribution in [0.15, 0.2) is 0 Å². The van der Waals surface area contributed by atoms with Gasteiger partial charge in [0.15, 0.2) is 0 Å². The number of carbonyl (C=O) groups is 1. The van der Waals surface area contributed by atoms with Gasteiger partial charge in [0.05, 0.1) is 6.42 Å². The Morgan fingerprint density at radius 2 is 2.21 bits per heavy atom. The fraction of sp³-hybridized carbons (Fsp3) is 0.909. The van der Waals surface area contributed by atoms with Gasteiger partial charge in [-0.15, -0.1) is 0 Å². The quantitative estimate of drug-likeness (QED) is 0.684. The Morgan fingerprint density at radius 3 is 2.79 bits per heavy atom. The van der Waals surface area contributed by atoms with Gasteiger partial charge in [-0.25, -0.2) is 0 Å². The van der Waals surface area contributed by atoms with Crippen molar-refractivity contribution in [2.45, 2.75) is 57.4 Å². The minimum absolute atomic E-state index is 0.128. The largest absolute Gasteiger partial charge is 0.481 e. The molecule has 3 N–H and O–H groups in total. The first-order valence-corrected chi connectivity index (χ1v) is 5.56. The first-order chi connectivity index (χ1) is 6.56. The molecule has 14 heavy (non-hydrogen) atoms. The van der Waals surface area contributed by atoms with Crippen LogP contribution in [-0.4, -0.2) is 16.6 Å². The maximum absolute atomic E-state index is 10.7. The smallest absolute Gasteiger partial charge is 0.305 e. The lowest BCUT2D eigenvalue weighted by molar-refractivity contribution is -0.138. The molecule has 0 amide bonds. The lowest BCUT2D eigenvalue weighted by Gasteiger charge is -2.25. The maximum atomic E-state index is 10.7. The summed E-state index contributed by atoms with van der Waals surface area (Å²) in [4.78, 5) is 10.7. The van der Waals surface area contributed by atoms with Gasteiger partial charge in [0.1, 0.15) is 0 Å². The minimum atomic E-state index is -0.762. The lowest BCUT2D eigenvalue weighted by Crippen LogP contribution is -2.41. The second kappa shape index (κ2) is 4.78. The van der Waals surface area contributed by atoms with Crippen LogP contribution < -0.4 is 5.73 Å². The molecule has 0 aromatic rings. The fourth-order valence-corrected chi connectivity index (χ4v) is 2.39. The molecule has 3 heteroatoms. The minimum Gasteiger partial charge on any atom is -0.481 e. The van der Waals surface area contributed by atoms with Crippen LogP contribution in [0.5, 0.6) is 0 Å². The van der Waals surface area contributed by atoms with E-state index in [0.717, 1.165) is 31.6 Å². The van der Waals surface area contributed by atoms with Crippen LogP contribution in [0.25, 0.3) is 0 Å². The Labute approximate surface area is 85.7 Å². The number of hydrogen-bond acceptors (Lipinski definition) is 2. The predicted molar refractivity (Wildman–Crippen MR) is 56.0 cm³/mol. The molecule has 1 aliphatic carbocycles. The van der Waals surface area contributed by atoms with Crippen molar-refractivity contribution in [3.63, 3.8) is 0 Å². The van der Waals surface area contributed by atoms with E-state index < -0.39 is 11.5 Å². The van der Waals surface area contributed by atoms with Gasteiger partial charge in [0.25, 0.3) is 0 Å². The van der Waals surface area contributed by atoms with E-state index in [2.05, 4.69) is 6.92 Å². The third-order valence-corrected chi connectivity index (χ3v) is 3.42. The summed E-state index contributed by atoms with van der Waals surface area (Å²) in [5.74, 6) is -0.00308. The highest BCUT2D eigenvalue weighted by Crippen LogP contribution is 2.32. The molecule has 82 valence electrons. The topological polar surface area (TPSA) is 63.3 Å². The summed E-state index contributed by atoms with van der Waals surface area (Å²) in [6.45, 7) is 2.20. The Balaban J connectivity index is 2.50. The van der Waals surface area contributed by atoms with Crippen molar-refractivity contribution in [2.24, 2.45) is 11.7 Å². The molecule has 0 saturated heterocycles. The van der Waals surface area contributed by atoms with Crippen LogP contribution in [0.1, 0.15) is 51.9 Å². The van der Waals surface area contributed by atoms with E-state index in [9.17, 15) is 4.79 Å². The van der Waals surface area contributed by atoms with Gasteiger partial charge in [-0.1, -0.05) is 26.2 Å². The molecule has 0 aromatic carbocycles. The van der Waals surface area contributed by atoms with Crippen molar-refractivity contribution >= 4 is 5.97 Å². The summed E-state index contributed by atoms with van der Waals surface area (Å²) in [6, 6.07) is 0. The Kier molecular flexibility index (Phi) is 3.93. The summed E-state index contributed by atoms with van der Waals surface area (Å²) in [5, 5.41) is 8.77. The number of hydrogen-bond donors (Lipinski definition) is 2. The Bertz CT molecular complexity index is 205. The van der Waals surface area contributed by atoms with Gasteiger partial charge in [-0.3, -0.25) is 4.79 Å². The molecule has 1 aliphatic rings. The number of rotatable bonds is 3. The summed E-state index contributed by atoms with van der Waals surface area (Å²) < 4.78 is 0. The second-order valence-electron chi connectivity index (χ2n) is 4.64. The standard InChI is InChI=1S/C11H21NO2/c1-2-9-4-3-6-11(12,7-5-9)8-10(13)14/h9H,2-8,12H2,1H3,(H,13,14). The summed E-state index contributed by atoms with van der Waals surface area (Å²) in [7, 11) is 0. The molecule has 3 nitrogen and oxygen atoms in total. The number of nitrogens with two attached hydrogens (primary N) is 1. The van der Waals surface area contributed by atoms with E-state index in [-0.39, 0.29) is 6.42 Å². The van der Waals surface area contributed by atoms with Crippen molar-refractivity contribution in [3.8, 4) is 0 Å². The number of carboxylic acids is 1. The molecule has 1 rings (SSSR count). The highest BCUT2D eigenvalue weighted by molar-refractivity contribution is 5.68. The first-order valence-electron chi connectivity index (χ1n) is 5.56. The lowest BCUT2D eigenvalue weighted by atomic mass is 9.87. The molecule has 2 atom stereocenters. The zero-order valence-corrected chi connectivity index (χ0v) is 8.96. The summed E-state index contributed by atoms with van der Waals surface area (Å²) >= 11 is 0. The zero-order valence-electron chi connectivity index (χ0n) is 8.96. The van der Waals surface area contributed by atoms with Crippen LogP contribution in [-0.2, 0) is 4.79 Å². The molecule has 1 saturated carbocycles. The van der Waals surface area contributed by atoms with Crippen molar-refractivity contribution in [1.29, 1.82) is 0 Å². The highest BCUT2D eigenvalue weighted by Gasteiger charge is 2.30. The molecular formula is C11H21NO2. The van der Waals surface area contributed by atoms with Gasteiger partial charge in [0, 0.05) is 5.54 Å². The van der Waals surface area contributed by atoms with Crippen molar-refractivity contribution in [3.05, 3.63) is 0 Å². The molecule has 0 radical (unpaired) electrons. The monoisotopic (exact) mass is 199 g/mol.